The number of aliphatic carboxylic acids is 1. The van der Waals surface area contributed by atoms with E-state index in [0.717, 1.165) is 0 Å². The van der Waals surface area contributed by atoms with Crippen molar-refractivity contribution in [3.63, 3.8) is 0 Å². The van der Waals surface area contributed by atoms with Gasteiger partial charge < -0.3 is 16.1 Å². The average Bonchev–Trinajstić information content (AvgIpc) is 2.20. The van der Waals surface area contributed by atoms with Crippen LogP contribution in [0.5, 0.6) is 0 Å². The molecule has 0 saturated heterocycles. The van der Waals surface area contributed by atoms with E-state index in [2.05, 4.69) is 13.2 Å². The lowest BCUT2D eigenvalue weighted by Crippen LogP contribution is -2.22. The SMILES string of the molecule is C=C(C)C(=O)[O-].C=Cc1ccccc1.[NH4+]. The lowest BCUT2D eigenvalue weighted by molar-refractivity contribution is -0.299. The van der Waals surface area contributed by atoms with Gasteiger partial charge in [0.25, 0.3) is 0 Å². The largest absolute Gasteiger partial charge is 0.545 e. The Bertz CT molecular complexity index is 306. The Morgan fingerprint density at radius 3 is 1.93 bits per heavy atom. The van der Waals surface area contributed by atoms with Crippen LogP contribution in [0.4, 0.5) is 0 Å². The molecule has 0 spiro atoms. The van der Waals surface area contributed by atoms with Crippen LogP contribution in [0.25, 0.3) is 6.08 Å². The smallest absolute Gasteiger partial charge is 0.0666 e. The number of benzene rings is 1. The van der Waals surface area contributed by atoms with Crippen LogP contribution in [0.3, 0.4) is 0 Å². The predicted molar refractivity (Wildman–Crippen MR) is 62.3 cm³/mol. The van der Waals surface area contributed by atoms with Gasteiger partial charge in [-0.05, 0) is 18.1 Å². The lowest BCUT2D eigenvalue weighted by Gasteiger charge is -1.93. The quantitative estimate of drug-likeness (QED) is 0.753. The van der Waals surface area contributed by atoms with Crippen LogP contribution in [0.1, 0.15) is 12.5 Å². The molecule has 0 aliphatic carbocycles. The number of carbonyl (C=O) groups is 1. The molecule has 0 aromatic heterocycles. The third-order valence-corrected chi connectivity index (χ3v) is 1.38. The van der Waals surface area contributed by atoms with E-state index in [4.69, 9.17) is 0 Å². The number of hydrogen-bond acceptors (Lipinski definition) is 2. The zero-order valence-corrected chi connectivity index (χ0v) is 9.19. The Labute approximate surface area is 90.3 Å². The second-order valence-electron chi connectivity index (χ2n) is 2.68. The van der Waals surface area contributed by atoms with E-state index in [9.17, 15) is 9.90 Å². The summed E-state index contributed by atoms with van der Waals surface area (Å²) in [6.07, 6.45) is 1.83. The molecule has 0 aliphatic heterocycles. The van der Waals surface area contributed by atoms with Gasteiger partial charge in [0.1, 0.15) is 0 Å². The summed E-state index contributed by atoms with van der Waals surface area (Å²) in [6.45, 7) is 8.11. The fraction of sp³-hybridized carbons (Fsp3) is 0.0833. The van der Waals surface area contributed by atoms with Crippen LogP contribution in [0.2, 0.25) is 0 Å². The Balaban J connectivity index is 0. The molecule has 1 rings (SSSR count). The van der Waals surface area contributed by atoms with Crippen LogP contribution >= 0.6 is 0 Å². The highest BCUT2D eigenvalue weighted by atomic mass is 16.4. The molecule has 0 heterocycles. The van der Waals surface area contributed by atoms with Crippen molar-refractivity contribution in [2.24, 2.45) is 0 Å². The Morgan fingerprint density at radius 1 is 1.33 bits per heavy atom. The molecule has 0 amide bonds. The number of carboxylic acid groups (broad SMARTS) is 1. The topological polar surface area (TPSA) is 76.6 Å². The minimum absolute atomic E-state index is 0. The molecule has 15 heavy (non-hydrogen) atoms. The molecule has 0 fully saturated rings. The Hall–Kier alpha value is -1.87. The number of carbonyl (C=O) groups excluding carboxylic acids is 1. The van der Waals surface area contributed by atoms with Gasteiger partial charge in [-0.25, -0.2) is 0 Å². The highest BCUT2D eigenvalue weighted by molar-refractivity contribution is 5.82. The van der Waals surface area contributed by atoms with Crippen LogP contribution in [0, 0.1) is 0 Å². The van der Waals surface area contributed by atoms with Crippen molar-refractivity contribution >= 4 is 12.0 Å². The van der Waals surface area contributed by atoms with Gasteiger partial charge in [0.15, 0.2) is 0 Å². The molecule has 1 aromatic rings. The van der Waals surface area contributed by atoms with Crippen LogP contribution in [-0.4, -0.2) is 5.97 Å². The third kappa shape index (κ3) is 8.46. The van der Waals surface area contributed by atoms with Gasteiger partial charge >= 0.3 is 0 Å². The maximum atomic E-state index is 9.49. The molecule has 3 nitrogen and oxygen atoms in total. The lowest BCUT2D eigenvalue weighted by atomic mass is 10.2. The number of quaternary nitrogens is 1. The molecule has 4 N–H and O–H groups in total. The van der Waals surface area contributed by atoms with Crippen molar-refractivity contribution in [3.05, 3.63) is 54.6 Å². The van der Waals surface area contributed by atoms with E-state index in [0.29, 0.717) is 0 Å². The monoisotopic (exact) mass is 207 g/mol. The van der Waals surface area contributed by atoms with Gasteiger partial charge in [-0.3, -0.25) is 0 Å². The molecular weight excluding hydrogens is 190 g/mol. The van der Waals surface area contributed by atoms with E-state index < -0.39 is 5.97 Å². The van der Waals surface area contributed by atoms with E-state index in [-0.39, 0.29) is 11.7 Å². The van der Waals surface area contributed by atoms with Gasteiger partial charge in [0.05, 0.1) is 5.97 Å². The maximum absolute atomic E-state index is 9.49. The first kappa shape index (κ1) is 15.6. The van der Waals surface area contributed by atoms with Gasteiger partial charge in [-0.15, -0.1) is 0 Å². The van der Waals surface area contributed by atoms with E-state index >= 15 is 0 Å². The van der Waals surface area contributed by atoms with Crippen molar-refractivity contribution in [2.75, 3.05) is 0 Å². The number of hydrogen-bond donors (Lipinski definition) is 1. The number of carboxylic acids is 1. The zero-order valence-electron chi connectivity index (χ0n) is 9.19. The highest BCUT2D eigenvalue weighted by Crippen LogP contribution is 1.97. The van der Waals surface area contributed by atoms with E-state index in [1.54, 1.807) is 0 Å². The fourth-order valence-electron chi connectivity index (χ4n) is 0.589. The highest BCUT2D eigenvalue weighted by Gasteiger charge is 1.76. The maximum Gasteiger partial charge on any atom is 0.0666 e. The minimum atomic E-state index is -1.19. The summed E-state index contributed by atoms with van der Waals surface area (Å²) >= 11 is 0. The minimum Gasteiger partial charge on any atom is -0.545 e. The molecule has 0 radical (unpaired) electrons. The molecule has 1 aromatic carbocycles. The summed E-state index contributed by atoms with van der Waals surface area (Å²) < 4.78 is 0. The van der Waals surface area contributed by atoms with Crippen molar-refractivity contribution in [3.8, 4) is 0 Å². The molecule has 0 unspecified atom stereocenters. The van der Waals surface area contributed by atoms with Crippen molar-refractivity contribution in [1.29, 1.82) is 0 Å². The Morgan fingerprint density at radius 2 is 1.73 bits per heavy atom. The second-order valence-corrected chi connectivity index (χ2v) is 2.68. The van der Waals surface area contributed by atoms with Gasteiger partial charge in [0.2, 0.25) is 0 Å². The van der Waals surface area contributed by atoms with Crippen LogP contribution in [-0.2, 0) is 4.79 Å². The normalized spacial score (nSPS) is 7.53. The molecular formula is C12H17NO2. The molecule has 0 aliphatic rings. The van der Waals surface area contributed by atoms with Gasteiger partial charge in [0, 0.05) is 0 Å². The van der Waals surface area contributed by atoms with E-state index in [1.807, 2.05) is 36.4 Å². The predicted octanol–water partition coefficient (Wildman–Crippen LogP) is 2.02. The van der Waals surface area contributed by atoms with Crippen molar-refractivity contribution in [2.45, 2.75) is 6.92 Å². The van der Waals surface area contributed by atoms with Crippen LogP contribution < -0.4 is 11.3 Å². The van der Waals surface area contributed by atoms with E-state index in [1.165, 1.54) is 12.5 Å². The molecule has 0 atom stereocenters. The fourth-order valence-corrected chi connectivity index (χ4v) is 0.589. The van der Waals surface area contributed by atoms with Crippen molar-refractivity contribution < 1.29 is 9.90 Å². The van der Waals surface area contributed by atoms with Gasteiger partial charge in [-0.1, -0.05) is 49.6 Å². The third-order valence-electron chi connectivity index (χ3n) is 1.38. The molecule has 82 valence electrons. The summed E-state index contributed by atoms with van der Waals surface area (Å²) in [5.74, 6) is -1.19. The summed E-state index contributed by atoms with van der Waals surface area (Å²) in [5.41, 5.74) is 1.24. The summed E-state index contributed by atoms with van der Waals surface area (Å²) in [6, 6.07) is 10.0. The first-order valence-corrected chi connectivity index (χ1v) is 4.12. The average molecular weight is 207 g/mol. The van der Waals surface area contributed by atoms with Gasteiger partial charge in [-0.2, -0.15) is 0 Å². The standard InChI is InChI=1S/C8H8.C4H6O2.H3N/c1-2-8-6-4-3-5-7-8;1-3(2)4(5)6;/h2-7H,1H2;1H2,2H3,(H,5,6);1H3. The van der Waals surface area contributed by atoms with Crippen LogP contribution in [0.15, 0.2) is 49.1 Å². The molecule has 3 heteroatoms. The summed E-state index contributed by atoms with van der Waals surface area (Å²) in [5, 5.41) is 9.49. The summed E-state index contributed by atoms with van der Waals surface area (Å²) in [4.78, 5) is 9.49. The molecule has 0 bridgehead atoms. The Kier molecular flexibility index (Phi) is 9.06. The van der Waals surface area contributed by atoms with Crippen molar-refractivity contribution in [1.82, 2.24) is 6.15 Å². The molecule has 0 saturated carbocycles. The zero-order chi connectivity index (χ0) is 11.0. The summed E-state index contributed by atoms with van der Waals surface area (Å²) in [7, 11) is 0. The number of rotatable bonds is 2. The second kappa shape index (κ2) is 8.72. The first-order valence-electron chi connectivity index (χ1n) is 4.12. The first-order chi connectivity index (χ1) is 6.57.